The number of rotatable bonds is 4. The highest BCUT2D eigenvalue weighted by atomic mass is 35.5. The summed E-state index contributed by atoms with van der Waals surface area (Å²) in [6, 6.07) is 19.2. The molecular formula is C24H21ClN4O2. The van der Waals surface area contributed by atoms with Gasteiger partial charge in [-0.2, -0.15) is 0 Å². The number of para-hydroxylation sites is 2. The molecule has 5 rings (SSSR count). The fourth-order valence-electron chi connectivity index (χ4n) is 4.15. The van der Waals surface area contributed by atoms with Crippen LogP contribution in [-0.4, -0.2) is 33.7 Å². The minimum atomic E-state index is -0.678. The number of hydrogen-bond donors (Lipinski definition) is 1. The fourth-order valence-corrected chi connectivity index (χ4v) is 4.34. The van der Waals surface area contributed by atoms with Crippen molar-refractivity contribution in [1.82, 2.24) is 14.5 Å². The van der Waals surface area contributed by atoms with Gasteiger partial charge in [0.2, 0.25) is 5.91 Å². The van der Waals surface area contributed by atoms with E-state index in [4.69, 9.17) is 16.3 Å². The maximum Gasteiger partial charge on any atom is 0.235 e. The number of pyridine rings is 1. The molecule has 156 valence electrons. The molecule has 4 aromatic rings. The number of carbonyl (C=O) groups excluding carboxylic acids is 1. The quantitative estimate of drug-likeness (QED) is 0.504. The maximum absolute atomic E-state index is 13.4. The number of fused-ring (bicyclic) bond motifs is 1. The van der Waals surface area contributed by atoms with Crippen molar-refractivity contribution in [3.05, 3.63) is 83.8 Å². The lowest BCUT2D eigenvalue weighted by Crippen LogP contribution is -2.44. The number of halogens is 1. The zero-order valence-electron chi connectivity index (χ0n) is 16.8. The Kier molecular flexibility index (Phi) is 5.18. The van der Waals surface area contributed by atoms with Crippen LogP contribution >= 0.6 is 11.6 Å². The van der Waals surface area contributed by atoms with Crippen LogP contribution in [0.15, 0.2) is 73.2 Å². The van der Waals surface area contributed by atoms with E-state index in [-0.39, 0.29) is 5.91 Å². The van der Waals surface area contributed by atoms with E-state index >= 15 is 0 Å². The number of aromatic nitrogens is 3. The highest BCUT2D eigenvalue weighted by Crippen LogP contribution is 2.37. The number of anilines is 1. The highest BCUT2D eigenvalue weighted by Gasteiger charge is 2.41. The Balaban J connectivity index is 1.41. The first-order chi connectivity index (χ1) is 15.2. The van der Waals surface area contributed by atoms with E-state index in [0.717, 1.165) is 22.4 Å². The predicted octanol–water partition coefficient (Wildman–Crippen LogP) is 4.76. The second-order valence-electron chi connectivity index (χ2n) is 7.67. The second kappa shape index (κ2) is 8.13. The molecule has 0 bridgehead atoms. The average molecular weight is 433 g/mol. The Hall–Kier alpha value is -3.22. The molecule has 0 unspecified atom stereocenters. The zero-order chi connectivity index (χ0) is 21.3. The minimum absolute atomic E-state index is 0.0688. The van der Waals surface area contributed by atoms with Gasteiger partial charge in [-0.05, 0) is 54.8 Å². The van der Waals surface area contributed by atoms with Crippen LogP contribution in [0.5, 0.6) is 0 Å². The number of amides is 1. The Labute approximate surface area is 184 Å². The third kappa shape index (κ3) is 3.69. The van der Waals surface area contributed by atoms with Crippen molar-refractivity contribution in [2.24, 2.45) is 0 Å². The Morgan fingerprint density at radius 2 is 1.87 bits per heavy atom. The molecule has 0 saturated carbocycles. The van der Waals surface area contributed by atoms with E-state index in [1.807, 2.05) is 65.2 Å². The number of imidazole rings is 1. The first kappa shape index (κ1) is 19.7. The van der Waals surface area contributed by atoms with Gasteiger partial charge in [-0.25, -0.2) is 9.97 Å². The summed E-state index contributed by atoms with van der Waals surface area (Å²) in [5.74, 6) is 0.669. The van der Waals surface area contributed by atoms with E-state index in [2.05, 4.69) is 15.3 Å². The Morgan fingerprint density at radius 1 is 1.03 bits per heavy atom. The van der Waals surface area contributed by atoms with Crippen molar-refractivity contribution in [3.63, 3.8) is 0 Å². The van der Waals surface area contributed by atoms with Gasteiger partial charge >= 0.3 is 0 Å². The van der Waals surface area contributed by atoms with E-state index < -0.39 is 5.41 Å². The average Bonchev–Trinajstić information content (AvgIpc) is 3.24. The Morgan fingerprint density at radius 3 is 2.65 bits per heavy atom. The van der Waals surface area contributed by atoms with Gasteiger partial charge in [-0.3, -0.25) is 9.36 Å². The van der Waals surface area contributed by atoms with Crippen LogP contribution in [0.25, 0.3) is 16.9 Å². The van der Waals surface area contributed by atoms with Gasteiger partial charge in [0.15, 0.2) is 0 Å². The lowest BCUT2D eigenvalue weighted by atomic mass is 9.73. The third-order valence-corrected chi connectivity index (χ3v) is 6.10. The van der Waals surface area contributed by atoms with E-state index in [9.17, 15) is 4.79 Å². The third-order valence-electron chi connectivity index (χ3n) is 5.86. The summed E-state index contributed by atoms with van der Waals surface area (Å²) in [4.78, 5) is 22.4. The van der Waals surface area contributed by atoms with Crippen LogP contribution in [0.1, 0.15) is 18.4 Å². The van der Waals surface area contributed by atoms with E-state index in [0.29, 0.717) is 36.8 Å². The smallest absolute Gasteiger partial charge is 0.235 e. The van der Waals surface area contributed by atoms with Crippen LogP contribution in [-0.2, 0) is 14.9 Å². The molecule has 0 aliphatic carbocycles. The molecule has 2 aromatic heterocycles. The Bertz CT molecular complexity index is 1230. The molecule has 0 atom stereocenters. The van der Waals surface area contributed by atoms with Crippen molar-refractivity contribution in [3.8, 4) is 5.82 Å². The predicted molar refractivity (Wildman–Crippen MR) is 121 cm³/mol. The molecule has 1 fully saturated rings. The fraction of sp³-hybridized carbons (Fsp3) is 0.208. The minimum Gasteiger partial charge on any atom is -0.381 e. The van der Waals surface area contributed by atoms with Gasteiger partial charge < -0.3 is 10.1 Å². The normalized spacial score (nSPS) is 15.6. The summed E-state index contributed by atoms with van der Waals surface area (Å²) < 4.78 is 7.46. The van der Waals surface area contributed by atoms with E-state index in [1.54, 1.807) is 12.5 Å². The SMILES string of the molecule is O=C(Nc1ccc(-n2cnc3ccccc32)nc1)C1(c2cccc(Cl)c2)CCOCC1. The number of nitrogens with zero attached hydrogens (tertiary/aromatic N) is 3. The molecule has 31 heavy (non-hydrogen) atoms. The number of ether oxygens (including phenoxy) is 1. The van der Waals surface area contributed by atoms with Crippen molar-refractivity contribution < 1.29 is 9.53 Å². The molecule has 1 aliphatic heterocycles. The molecule has 1 amide bonds. The largest absolute Gasteiger partial charge is 0.381 e. The van der Waals surface area contributed by atoms with Crippen molar-refractivity contribution in [1.29, 1.82) is 0 Å². The van der Waals surface area contributed by atoms with Gasteiger partial charge in [0.1, 0.15) is 12.1 Å². The topological polar surface area (TPSA) is 69.0 Å². The number of hydrogen-bond acceptors (Lipinski definition) is 4. The summed E-state index contributed by atoms with van der Waals surface area (Å²) in [6.45, 7) is 1.07. The summed E-state index contributed by atoms with van der Waals surface area (Å²) in [5.41, 5.74) is 2.77. The second-order valence-corrected chi connectivity index (χ2v) is 8.10. The van der Waals surface area contributed by atoms with Crippen molar-refractivity contribution in [2.75, 3.05) is 18.5 Å². The zero-order valence-corrected chi connectivity index (χ0v) is 17.5. The first-order valence-corrected chi connectivity index (χ1v) is 10.6. The first-order valence-electron chi connectivity index (χ1n) is 10.2. The lowest BCUT2D eigenvalue weighted by Gasteiger charge is -2.36. The monoisotopic (exact) mass is 432 g/mol. The highest BCUT2D eigenvalue weighted by molar-refractivity contribution is 6.30. The van der Waals surface area contributed by atoms with Gasteiger partial charge in [0, 0.05) is 18.2 Å². The number of benzene rings is 2. The molecule has 0 radical (unpaired) electrons. The maximum atomic E-state index is 13.4. The summed E-state index contributed by atoms with van der Waals surface area (Å²) in [7, 11) is 0. The van der Waals surface area contributed by atoms with E-state index in [1.165, 1.54) is 0 Å². The molecular weight excluding hydrogens is 412 g/mol. The summed E-state index contributed by atoms with van der Waals surface area (Å²) in [5, 5.41) is 3.68. The lowest BCUT2D eigenvalue weighted by molar-refractivity contribution is -0.125. The number of nitrogens with one attached hydrogen (secondary N) is 1. The molecule has 6 nitrogen and oxygen atoms in total. The van der Waals surface area contributed by atoms with Crippen LogP contribution < -0.4 is 5.32 Å². The number of carbonyl (C=O) groups is 1. The standard InChI is InChI=1S/C24H21ClN4O2/c25-18-5-3-4-17(14-18)24(10-12-31-13-11-24)23(30)28-19-8-9-22(26-15-19)29-16-27-20-6-1-2-7-21(20)29/h1-9,14-16H,10-13H2,(H,28,30). The molecule has 0 spiro atoms. The molecule has 7 heteroatoms. The molecule has 3 heterocycles. The molecule has 1 saturated heterocycles. The van der Waals surface area contributed by atoms with Crippen LogP contribution in [0, 0.1) is 0 Å². The molecule has 2 aromatic carbocycles. The van der Waals surface area contributed by atoms with Gasteiger partial charge in [-0.1, -0.05) is 35.9 Å². The summed E-state index contributed by atoms with van der Waals surface area (Å²) >= 11 is 6.22. The molecule has 1 aliphatic rings. The van der Waals surface area contributed by atoms with Crippen molar-refractivity contribution >= 4 is 34.2 Å². The van der Waals surface area contributed by atoms with Crippen LogP contribution in [0.2, 0.25) is 5.02 Å². The summed E-state index contributed by atoms with van der Waals surface area (Å²) in [6.07, 6.45) is 4.63. The van der Waals surface area contributed by atoms with Gasteiger partial charge in [-0.15, -0.1) is 0 Å². The van der Waals surface area contributed by atoms with Crippen molar-refractivity contribution in [2.45, 2.75) is 18.3 Å². The molecule has 1 N–H and O–H groups in total. The van der Waals surface area contributed by atoms with Gasteiger partial charge in [0.25, 0.3) is 0 Å². The van der Waals surface area contributed by atoms with Crippen LogP contribution in [0.4, 0.5) is 5.69 Å². The van der Waals surface area contributed by atoms with Crippen LogP contribution in [0.3, 0.4) is 0 Å². The van der Waals surface area contributed by atoms with Gasteiger partial charge in [0.05, 0.1) is 28.3 Å².